The van der Waals surface area contributed by atoms with E-state index in [2.05, 4.69) is 11.9 Å². The fourth-order valence-corrected chi connectivity index (χ4v) is 4.15. The summed E-state index contributed by atoms with van der Waals surface area (Å²) in [5, 5.41) is 3.02. The van der Waals surface area contributed by atoms with Crippen LogP contribution in [0.15, 0.2) is 78.5 Å². The van der Waals surface area contributed by atoms with Gasteiger partial charge in [-0.25, -0.2) is 4.79 Å². The molecular weight excluding hydrogens is 416 g/mol. The highest BCUT2D eigenvalue weighted by atomic mass is 16.5. The van der Waals surface area contributed by atoms with Gasteiger partial charge in [-0.05, 0) is 37.4 Å². The fraction of sp³-hybridized carbons (Fsp3) is 0.308. The lowest BCUT2D eigenvalue weighted by atomic mass is 9.95. The number of nitrogens with one attached hydrogen (secondary N) is 1. The van der Waals surface area contributed by atoms with E-state index in [9.17, 15) is 9.59 Å². The molecule has 172 valence electrons. The van der Waals surface area contributed by atoms with Gasteiger partial charge in [0.05, 0.1) is 23.9 Å². The minimum Gasteiger partial charge on any atom is -0.489 e. The normalized spacial score (nSPS) is 18.0. The highest BCUT2D eigenvalue weighted by molar-refractivity contribution is 6.01. The SMILES string of the molecule is C=CCN1C(=O)NC(c2cccc(OCc3ccccc3)c2)C2=C1CN(CCN(C)C)C2=O. The van der Waals surface area contributed by atoms with Gasteiger partial charge in [0.25, 0.3) is 5.91 Å². The summed E-state index contributed by atoms with van der Waals surface area (Å²) in [6.07, 6.45) is 1.68. The molecule has 3 amide bonds. The van der Waals surface area contributed by atoms with Crippen molar-refractivity contribution in [1.82, 2.24) is 20.0 Å². The topological polar surface area (TPSA) is 65.1 Å². The zero-order valence-electron chi connectivity index (χ0n) is 19.2. The number of likely N-dealkylation sites (N-methyl/N-ethyl adjacent to an activating group) is 1. The third-order valence-electron chi connectivity index (χ3n) is 5.87. The van der Waals surface area contributed by atoms with Crippen LogP contribution >= 0.6 is 0 Å². The predicted octanol–water partition coefficient (Wildman–Crippen LogP) is 3.18. The van der Waals surface area contributed by atoms with E-state index in [0.717, 1.165) is 23.4 Å². The lowest BCUT2D eigenvalue weighted by Crippen LogP contribution is -2.47. The molecule has 1 atom stereocenters. The summed E-state index contributed by atoms with van der Waals surface area (Å²) in [4.78, 5) is 31.8. The first-order valence-electron chi connectivity index (χ1n) is 11.1. The molecule has 0 aliphatic carbocycles. The van der Waals surface area contributed by atoms with Gasteiger partial charge in [-0.15, -0.1) is 6.58 Å². The first-order chi connectivity index (χ1) is 16.0. The molecule has 4 rings (SSSR count). The van der Waals surface area contributed by atoms with Gasteiger partial charge in [-0.3, -0.25) is 9.69 Å². The highest BCUT2D eigenvalue weighted by Crippen LogP contribution is 2.37. The number of urea groups is 1. The molecule has 0 saturated carbocycles. The van der Waals surface area contributed by atoms with Crippen LogP contribution in [0.5, 0.6) is 5.75 Å². The van der Waals surface area contributed by atoms with Crippen LogP contribution in [0.25, 0.3) is 0 Å². The Morgan fingerprint density at radius 3 is 2.67 bits per heavy atom. The lowest BCUT2D eigenvalue weighted by molar-refractivity contribution is -0.125. The van der Waals surface area contributed by atoms with Crippen LogP contribution in [0.3, 0.4) is 0 Å². The molecule has 0 fully saturated rings. The van der Waals surface area contributed by atoms with E-state index >= 15 is 0 Å². The molecule has 7 nitrogen and oxygen atoms in total. The number of carbonyl (C=O) groups excluding carboxylic acids is 2. The molecule has 7 heteroatoms. The second-order valence-corrected chi connectivity index (χ2v) is 8.52. The number of carbonyl (C=O) groups is 2. The average molecular weight is 447 g/mol. The number of amides is 3. The predicted molar refractivity (Wildman–Crippen MR) is 128 cm³/mol. The Hall–Kier alpha value is -3.58. The number of ether oxygens (including phenoxy) is 1. The van der Waals surface area contributed by atoms with Gasteiger partial charge in [0.2, 0.25) is 0 Å². The Bertz CT molecular complexity index is 1060. The molecular formula is C26H30N4O3. The summed E-state index contributed by atoms with van der Waals surface area (Å²) in [6.45, 7) is 6.34. The number of benzene rings is 2. The van der Waals surface area contributed by atoms with E-state index in [0.29, 0.717) is 37.6 Å². The first-order valence-corrected chi connectivity index (χ1v) is 11.1. The average Bonchev–Trinajstić information content (AvgIpc) is 3.15. The fourth-order valence-electron chi connectivity index (χ4n) is 4.15. The maximum absolute atomic E-state index is 13.4. The summed E-state index contributed by atoms with van der Waals surface area (Å²) in [6, 6.07) is 16.8. The molecule has 2 aliphatic heterocycles. The Labute approximate surface area is 194 Å². The van der Waals surface area contributed by atoms with Crippen molar-refractivity contribution in [3.63, 3.8) is 0 Å². The number of rotatable bonds is 9. The number of nitrogens with zero attached hydrogens (tertiary/aromatic N) is 3. The Kier molecular flexibility index (Phi) is 6.79. The van der Waals surface area contributed by atoms with Crippen molar-refractivity contribution < 1.29 is 14.3 Å². The van der Waals surface area contributed by atoms with Gasteiger partial charge in [-0.1, -0.05) is 48.5 Å². The maximum Gasteiger partial charge on any atom is 0.322 e. The van der Waals surface area contributed by atoms with Gasteiger partial charge in [0, 0.05) is 19.6 Å². The van der Waals surface area contributed by atoms with E-state index < -0.39 is 6.04 Å². The quantitative estimate of drug-likeness (QED) is 0.601. The third-order valence-corrected chi connectivity index (χ3v) is 5.87. The molecule has 0 saturated heterocycles. The molecule has 33 heavy (non-hydrogen) atoms. The van der Waals surface area contributed by atoms with E-state index in [4.69, 9.17) is 4.74 Å². The van der Waals surface area contributed by atoms with E-state index in [1.165, 1.54) is 0 Å². The lowest BCUT2D eigenvalue weighted by Gasteiger charge is -2.33. The number of hydrogen-bond acceptors (Lipinski definition) is 4. The summed E-state index contributed by atoms with van der Waals surface area (Å²) >= 11 is 0. The van der Waals surface area contributed by atoms with Crippen molar-refractivity contribution in [2.24, 2.45) is 0 Å². The van der Waals surface area contributed by atoms with Gasteiger partial charge in [0.15, 0.2) is 0 Å². The minimum absolute atomic E-state index is 0.0403. The molecule has 0 radical (unpaired) electrons. The van der Waals surface area contributed by atoms with E-state index in [1.54, 1.807) is 11.0 Å². The van der Waals surface area contributed by atoms with Crippen LogP contribution in [0.4, 0.5) is 4.79 Å². The third kappa shape index (κ3) is 4.93. The zero-order valence-corrected chi connectivity index (χ0v) is 19.2. The monoisotopic (exact) mass is 446 g/mol. The summed E-state index contributed by atoms with van der Waals surface area (Å²) in [7, 11) is 3.96. The molecule has 0 aromatic heterocycles. The van der Waals surface area contributed by atoms with Gasteiger partial charge in [0.1, 0.15) is 12.4 Å². The second kappa shape index (κ2) is 9.92. The smallest absolute Gasteiger partial charge is 0.322 e. The van der Waals surface area contributed by atoms with Crippen molar-refractivity contribution in [2.75, 3.05) is 40.3 Å². The molecule has 2 aromatic rings. The van der Waals surface area contributed by atoms with Crippen molar-refractivity contribution in [3.05, 3.63) is 89.6 Å². The largest absolute Gasteiger partial charge is 0.489 e. The van der Waals surface area contributed by atoms with Crippen molar-refractivity contribution in [3.8, 4) is 5.75 Å². The first kappa shape index (κ1) is 22.6. The standard InChI is InChI=1S/C26H30N4O3/c1-4-13-30-22-17-29(15-14-28(2)3)25(31)23(22)24(27-26(30)32)20-11-8-12-21(16-20)33-18-19-9-6-5-7-10-19/h4-12,16,24H,1,13-15,17-18H2,2-3H3,(H,27,32). The number of hydrogen-bond donors (Lipinski definition) is 1. The van der Waals surface area contributed by atoms with Gasteiger partial charge in [-0.2, -0.15) is 0 Å². The van der Waals surface area contributed by atoms with Crippen LogP contribution in [-0.4, -0.2) is 66.9 Å². The summed E-state index contributed by atoms with van der Waals surface area (Å²) in [5.74, 6) is 0.651. The summed E-state index contributed by atoms with van der Waals surface area (Å²) < 4.78 is 5.98. The van der Waals surface area contributed by atoms with Crippen LogP contribution in [0.2, 0.25) is 0 Å². The molecule has 1 unspecified atom stereocenters. The Morgan fingerprint density at radius 1 is 1.15 bits per heavy atom. The highest BCUT2D eigenvalue weighted by Gasteiger charge is 2.43. The Balaban J connectivity index is 1.60. The van der Waals surface area contributed by atoms with Crippen LogP contribution in [0.1, 0.15) is 17.2 Å². The van der Waals surface area contributed by atoms with Crippen molar-refractivity contribution in [1.29, 1.82) is 0 Å². The maximum atomic E-state index is 13.4. The minimum atomic E-state index is -0.523. The molecule has 0 spiro atoms. The molecule has 0 bridgehead atoms. The van der Waals surface area contributed by atoms with Gasteiger partial charge >= 0.3 is 6.03 Å². The molecule has 2 aromatic carbocycles. The Morgan fingerprint density at radius 2 is 1.94 bits per heavy atom. The van der Waals surface area contributed by atoms with Crippen molar-refractivity contribution in [2.45, 2.75) is 12.6 Å². The second-order valence-electron chi connectivity index (χ2n) is 8.52. The van der Waals surface area contributed by atoms with Crippen LogP contribution < -0.4 is 10.1 Å². The van der Waals surface area contributed by atoms with E-state index in [-0.39, 0.29) is 11.9 Å². The zero-order chi connectivity index (χ0) is 23.4. The summed E-state index contributed by atoms with van der Waals surface area (Å²) in [5.41, 5.74) is 3.27. The van der Waals surface area contributed by atoms with Crippen LogP contribution in [0, 0.1) is 0 Å². The molecule has 2 aliphatic rings. The molecule has 1 N–H and O–H groups in total. The van der Waals surface area contributed by atoms with Crippen molar-refractivity contribution >= 4 is 11.9 Å². The van der Waals surface area contributed by atoms with E-state index in [1.807, 2.05) is 78.5 Å². The molecule has 2 heterocycles. The van der Waals surface area contributed by atoms with Crippen LogP contribution in [-0.2, 0) is 11.4 Å². The van der Waals surface area contributed by atoms with Gasteiger partial charge < -0.3 is 19.9 Å².